The van der Waals surface area contributed by atoms with E-state index in [9.17, 15) is 0 Å². The lowest BCUT2D eigenvalue weighted by Gasteiger charge is -2.13. The van der Waals surface area contributed by atoms with E-state index in [1.54, 1.807) is 18.3 Å². The van der Waals surface area contributed by atoms with Gasteiger partial charge in [0.2, 0.25) is 0 Å². The molecule has 0 aliphatic heterocycles. The fourth-order valence-corrected chi connectivity index (χ4v) is 2.77. The van der Waals surface area contributed by atoms with Crippen molar-refractivity contribution >= 4 is 12.6 Å². The van der Waals surface area contributed by atoms with Crippen LogP contribution < -0.4 is 0 Å². The van der Waals surface area contributed by atoms with Gasteiger partial charge in [0.25, 0.3) is 0 Å². The summed E-state index contributed by atoms with van der Waals surface area (Å²) >= 11 is 4.70. The molecule has 3 aromatic rings. The normalized spacial score (nSPS) is 11.9. The van der Waals surface area contributed by atoms with Crippen molar-refractivity contribution in [2.45, 2.75) is 18.7 Å². The van der Waals surface area contributed by atoms with Crippen LogP contribution in [0.2, 0.25) is 0 Å². The molecule has 0 bridgehead atoms. The monoisotopic (exact) mass is 321 g/mol. The molecule has 0 aliphatic rings. The van der Waals surface area contributed by atoms with E-state index < -0.39 is 0 Å². The molecule has 2 aromatic heterocycles. The quantitative estimate of drug-likeness (QED) is 0.749. The van der Waals surface area contributed by atoms with Crippen LogP contribution in [0.25, 0.3) is 11.5 Å². The van der Waals surface area contributed by atoms with E-state index in [0.717, 1.165) is 29.5 Å². The van der Waals surface area contributed by atoms with Crippen LogP contribution in [0.1, 0.15) is 29.1 Å². The summed E-state index contributed by atoms with van der Waals surface area (Å²) in [5.74, 6) is 1.50. The maximum atomic E-state index is 8.89. The van der Waals surface area contributed by atoms with Crippen molar-refractivity contribution in [3.05, 3.63) is 65.6 Å². The van der Waals surface area contributed by atoms with Gasteiger partial charge in [0.15, 0.2) is 11.6 Å². The van der Waals surface area contributed by atoms with Gasteiger partial charge in [-0.15, -0.1) is 10.2 Å². The summed E-state index contributed by atoms with van der Waals surface area (Å²) in [6.45, 7) is 2.76. The van der Waals surface area contributed by atoms with E-state index in [4.69, 9.17) is 17.9 Å². The summed E-state index contributed by atoms with van der Waals surface area (Å²) in [7, 11) is 0. The minimum atomic E-state index is -0.215. The van der Waals surface area contributed by atoms with Gasteiger partial charge in [0.05, 0.1) is 16.9 Å². The fourth-order valence-electron chi connectivity index (χ4n) is 2.40. The maximum absolute atomic E-state index is 8.89. The Morgan fingerprint density at radius 3 is 2.57 bits per heavy atom. The molecule has 2 heterocycles. The zero-order valence-corrected chi connectivity index (χ0v) is 13.5. The van der Waals surface area contributed by atoms with Crippen LogP contribution in [0.15, 0.2) is 48.7 Å². The molecule has 3 rings (SSSR count). The van der Waals surface area contributed by atoms with Gasteiger partial charge in [-0.05, 0) is 36.8 Å². The number of hydrogen-bond donors (Lipinski definition) is 1. The lowest BCUT2D eigenvalue weighted by molar-refractivity contribution is 0.714. The van der Waals surface area contributed by atoms with Gasteiger partial charge in [0.1, 0.15) is 5.69 Å². The topological polar surface area (TPSA) is 67.4 Å². The summed E-state index contributed by atoms with van der Waals surface area (Å²) in [6.07, 6.45) is 1.74. The Morgan fingerprint density at radius 2 is 1.96 bits per heavy atom. The Morgan fingerprint density at radius 1 is 1.17 bits per heavy atom. The highest BCUT2D eigenvalue weighted by atomic mass is 32.1. The second kappa shape index (κ2) is 6.63. The molecule has 0 fully saturated rings. The third-order valence-corrected chi connectivity index (χ3v) is 4.12. The van der Waals surface area contributed by atoms with Crippen molar-refractivity contribution in [1.29, 1.82) is 5.26 Å². The molecule has 0 radical (unpaired) electrons. The highest BCUT2D eigenvalue weighted by Crippen LogP contribution is 2.29. The predicted molar refractivity (Wildman–Crippen MR) is 90.9 cm³/mol. The highest BCUT2D eigenvalue weighted by molar-refractivity contribution is 7.80. The number of nitrogens with zero attached hydrogens (tertiary/aromatic N) is 5. The molecule has 0 spiro atoms. The average molecular weight is 321 g/mol. The third-order valence-electron chi connectivity index (χ3n) is 3.59. The van der Waals surface area contributed by atoms with Crippen LogP contribution in [0.4, 0.5) is 0 Å². The van der Waals surface area contributed by atoms with Gasteiger partial charge in [-0.3, -0.25) is 4.98 Å². The smallest absolute Gasteiger partial charge is 0.182 e. The molecule has 114 valence electrons. The van der Waals surface area contributed by atoms with E-state index in [1.807, 2.05) is 41.8 Å². The van der Waals surface area contributed by atoms with Crippen LogP contribution in [0, 0.1) is 11.3 Å². The molecule has 0 saturated carbocycles. The number of benzene rings is 1. The van der Waals surface area contributed by atoms with E-state index in [0.29, 0.717) is 5.56 Å². The Labute approximate surface area is 140 Å². The molecule has 1 atom stereocenters. The molecule has 5 nitrogen and oxygen atoms in total. The largest absolute Gasteiger partial charge is 0.309 e. The van der Waals surface area contributed by atoms with Crippen LogP contribution in [-0.4, -0.2) is 19.7 Å². The van der Waals surface area contributed by atoms with Crippen molar-refractivity contribution in [2.75, 3.05) is 0 Å². The molecule has 0 amide bonds. The Kier molecular flexibility index (Phi) is 4.40. The molecule has 0 aliphatic carbocycles. The summed E-state index contributed by atoms with van der Waals surface area (Å²) in [4.78, 5) is 4.34. The minimum Gasteiger partial charge on any atom is -0.309 e. The summed E-state index contributed by atoms with van der Waals surface area (Å²) in [5.41, 5.74) is 2.39. The molecule has 23 heavy (non-hydrogen) atoms. The second-order valence-electron chi connectivity index (χ2n) is 4.98. The SMILES string of the molecule is CCn1c(-c2ccccn2)nnc1C(S)c1ccc(C#N)cc1. The van der Waals surface area contributed by atoms with Gasteiger partial charge >= 0.3 is 0 Å². The lowest BCUT2D eigenvalue weighted by Crippen LogP contribution is -2.07. The molecular formula is C17H15N5S. The molecule has 6 heteroatoms. The predicted octanol–water partition coefficient (Wildman–Crippen LogP) is 3.25. The Hall–Kier alpha value is -2.65. The highest BCUT2D eigenvalue weighted by Gasteiger charge is 2.20. The van der Waals surface area contributed by atoms with E-state index in [-0.39, 0.29) is 5.25 Å². The van der Waals surface area contributed by atoms with Crippen molar-refractivity contribution in [1.82, 2.24) is 19.7 Å². The van der Waals surface area contributed by atoms with E-state index in [2.05, 4.69) is 21.3 Å². The average Bonchev–Trinajstić information content (AvgIpc) is 3.06. The second-order valence-corrected chi connectivity index (χ2v) is 5.49. The van der Waals surface area contributed by atoms with Gasteiger partial charge in [-0.1, -0.05) is 18.2 Å². The van der Waals surface area contributed by atoms with Gasteiger partial charge in [-0.25, -0.2) is 0 Å². The zero-order valence-electron chi connectivity index (χ0n) is 12.6. The summed E-state index contributed by atoms with van der Waals surface area (Å²) in [5, 5.41) is 17.3. The van der Waals surface area contributed by atoms with Crippen LogP contribution in [0.5, 0.6) is 0 Å². The first-order chi connectivity index (χ1) is 11.2. The Balaban J connectivity index is 1.99. The fraction of sp³-hybridized carbons (Fsp3) is 0.176. The zero-order chi connectivity index (χ0) is 16.2. The lowest BCUT2D eigenvalue weighted by atomic mass is 10.1. The van der Waals surface area contributed by atoms with Gasteiger partial charge < -0.3 is 4.57 Å². The van der Waals surface area contributed by atoms with Crippen molar-refractivity contribution in [2.24, 2.45) is 0 Å². The number of nitriles is 1. The van der Waals surface area contributed by atoms with Crippen LogP contribution >= 0.6 is 12.6 Å². The number of aromatic nitrogens is 4. The number of hydrogen-bond acceptors (Lipinski definition) is 5. The third kappa shape index (κ3) is 2.96. The van der Waals surface area contributed by atoms with E-state index >= 15 is 0 Å². The van der Waals surface area contributed by atoms with Crippen molar-refractivity contribution in [3.63, 3.8) is 0 Å². The molecular weight excluding hydrogens is 306 g/mol. The van der Waals surface area contributed by atoms with Crippen molar-refractivity contribution in [3.8, 4) is 17.6 Å². The number of pyridine rings is 1. The van der Waals surface area contributed by atoms with Gasteiger partial charge in [0, 0.05) is 12.7 Å². The van der Waals surface area contributed by atoms with Crippen LogP contribution in [0.3, 0.4) is 0 Å². The first-order valence-corrected chi connectivity index (χ1v) is 7.79. The Bertz CT molecular complexity index is 834. The van der Waals surface area contributed by atoms with Crippen LogP contribution in [-0.2, 0) is 6.54 Å². The molecule has 1 unspecified atom stereocenters. The van der Waals surface area contributed by atoms with Gasteiger partial charge in [-0.2, -0.15) is 17.9 Å². The first-order valence-electron chi connectivity index (χ1n) is 7.27. The maximum Gasteiger partial charge on any atom is 0.182 e. The minimum absolute atomic E-state index is 0.215. The summed E-state index contributed by atoms with van der Waals surface area (Å²) in [6, 6.07) is 15.2. The molecule has 0 N–H and O–H groups in total. The standard InChI is InChI=1S/C17H15N5S/c1-2-22-16(14-5-3-4-10-19-14)20-21-17(22)15(23)13-8-6-12(11-18)7-9-13/h3-10,15,23H,2H2,1H3. The van der Waals surface area contributed by atoms with E-state index in [1.165, 1.54) is 0 Å². The number of thiol groups is 1. The summed E-state index contributed by atoms with van der Waals surface area (Å²) < 4.78 is 2.01. The first kappa shape index (κ1) is 15.3. The molecule has 0 saturated heterocycles. The number of rotatable bonds is 4. The molecule has 1 aromatic carbocycles. The van der Waals surface area contributed by atoms with Crippen molar-refractivity contribution < 1.29 is 0 Å².